The first-order valence-corrected chi connectivity index (χ1v) is 6.29. The first kappa shape index (κ1) is 15.3. The number of nitrogens with zero attached hydrogens (tertiary/aromatic N) is 1. The number of carbonyl (C=O) groups is 1. The quantitative estimate of drug-likeness (QED) is 0.910. The molecule has 0 spiro atoms. The van der Waals surface area contributed by atoms with E-state index in [2.05, 4.69) is 0 Å². The second-order valence-electron chi connectivity index (χ2n) is 4.53. The first-order chi connectivity index (χ1) is 8.09. The van der Waals surface area contributed by atoms with Gasteiger partial charge in [0.2, 0.25) is 5.91 Å². The van der Waals surface area contributed by atoms with Gasteiger partial charge < -0.3 is 10.6 Å². The van der Waals surface area contributed by atoms with Crippen LogP contribution in [0.1, 0.15) is 31.4 Å². The summed E-state index contributed by atoms with van der Waals surface area (Å²) in [6.45, 7) is 2.52. The zero-order chi connectivity index (χ0) is 12.4. The highest BCUT2D eigenvalue weighted by Gasteiger charge is 2.31. The molecule has 1 heterocycles. The Labute approximate surface area is 119 Å². The molecule has 0 aliphatic carbocycles. The van der Waals surface area contributed by atoms with Crippen molar-refractivity contribution in [1.82, 2.24) is 4.90 Å². The fourth-order valence-electron chi connectivity index (χ4n) is 2.35. The maximum atomic E-state index is 12.0. The number of likely N-dealkylation sites (tertiary alicyclic amines) is 1. The van der Waals surface area contributed by atoms with Crippen LogP contribution in [0.5, 0.6) is 0 Å². The summed E-state index contributed by atoms with van der Waals surface area (Å²) in [6.07, 6.45) is 2.01. The van der Waals surface area contributed by atoms with Crippen LogP contribution in [0.3, 0.4) is 0 Å². The molecule has 0 aromatic heterocycles. The summed E-state index contributed by atoms with van der Waals surface area (Å²) < 4.78 is 0. The van der Waals surface area contributed by atoms with Gasteiger partial charge in [0.15, 0.2) is 0 Å². The standard InChI is InChI=1S/C13H17ClN2O.ClH/c1-9(15)13(17)16-7-3-6-12(16)10-4-2-5-11(14)8-10;/h2,4-5,8-9,12H,3,6-7,15H2,1H3;1H. The van der Waals surface area contributed by atoms with Gasteiger partial charge in [0, 0.05) is 11.6 Å². The lowest BCUT2D eigenvalue weighted by Gasteiger charge is -2.26. The largest absolute Gasteiger partial charge is 0.334 e. The minimum Gasteiger partial charge on any atom is -0.334 e. The lowest BCUT2D eigenvalue weighted by Crippen LogP contribution is -2.41. The van der Waals surface area contributed by atoms with Gasteiger partial charge in [-0.15, -0.1) is 12.4 Å². The van der Waals surface area contributed by atoms with Crippen LogP contribution in [-0.2, 0) is 4.79 Å². The molecule has 0 radical (unpaired) electrons. The third kappa shape index (κ3) is 3.16. The molecule has 0 saturated carbocycles. The van der Waals surface area contributed by atoms with Crippen molar-refractivity contribution in [2.45, 2.75) is 31.8 Å². The van der Waals surface area contributed by atoms with Gasteiger partial charge in [-0.2, -0.15) is 0 Å². The molecule has 0 bridgehead atoms. The van der Waals surface area contributed by atoms with Gasteiger partial charge in [-0.25, -0.2) is 0 Å². The fraction of sp³-hybridized carbons (Fsp3) is 0.462. The molecule has 2 unspecified atom stereocenters. The van der Waals surface area contributed by atoms with Crippen molar-refractivity contribution in [3.63, 3.8) is 0 Å². The number of amides is 1. The van der Waals surface area contributed by atoms with Gasteiger partial charge in [-0.3, -0.25) is 4.79 Å². The Bertz CT molecular complexity index is 423. The molecule has 1 amide bonds. The van der Waals surface area contributed by atoms with Gasteiger partial charge in [0.1, 0.15) is 0 Å². The predicted octanol–water partition coefficient (Wildman–Crippen LogP) is 2.77. The number of hydrogen-bond donors (Lipinski definition) is 1. The van der Waals surface area contributed by atoms with Gasteiger partial charge in [0.25, 0.3) is 0 Å². The fourth-order valence-corrected chi connectivity index (χ4v) is 2.55. The van der Waals surface area contributed by atoms with Gasteiger partial charge in [0.05, 0.1) is 12.1 Å². The second-order valence-corrected chi connectivity index (χ2v) is 4.97. The Morgan fingerprint density at radius 1 is 1.56 bits per heavy atom. The molecule has 5 heteroatoms. The predicted molar refractivity (Wildman–Crippen MR) is 76.0 cm³/mol. The van der Waals surface area contributed by atoms with Gasteiger partial charge in [-0.1, -0.05) is 23.7 Å². The number of carbonyl (C=O) groups excluding carboxylic acids is 1. The van der Waals surface area contributed by atoms with Crippen LogP contribution >= 0.6 is 24.0 Å². The highest BCUT2D eigenvalue weighted by molar-refractivity contribution is 6.30. The summed E-state index contributed by atoms with van der Waals surface area (Å²) in [5.74, 6) is 0.0208. The van der Waals surface area contributed by atoms with Gasteiger partial charge >= 0.3 is 0 Å². The Morgan fingerprint density at radius 2 is 2.28 bits per heavy atom. The van der Waals surface area contributed by atoms with E-state index in [4.69, 9.17) is 17.3 Å². The summed E-state index contributed by atoms with van der Waals surface area (Å²) in [5.41, 5.74) is 6.77. The first-order valence-electron chi connectivity index (χ1n) is 5.91. The van der Waals surface area contributed by atoms with E-state index in [1.54, 1.807) is 6.92 Å². The smallest absolute Gasteiger partial charge is 0.239 e. The zero-order valence-corrected chi connectivity index (χ0v) is 11.9. The SMILES string of the molecule is CC(N)C(=O)N1CCCC1c1cccc(Cl)c1.Cl. The Hall–Kier alpha value is -0.770. The summed E-state index contributed by atoms with van der Waals surface area (Å²) >= 11 is 5.98. The van der Waals surface area contributed by atoms with Crippen LogP contribution in [0, 0.1) is 0 Å². The minimum atomic E-state index is -0.435. The third-order valence-electron chi connectivity index (χ3n) is 3.16. The molecule has 3 nitrogen and oxygen atoms in total. The molecule has 1 aliphatic rings. The second kappa shape index (κ2) is 6.41. The highest BCUT2D eigenvalue weighted by atomic mass is 35.5. The molecule has 1 fully saturated rings. The van der Waals surface area contributed by atoms with E-state index in [1.165, 1.54) is 0 Å². The Kier molecular flexibility index (Phi) is 5.45. The number of halogens is 2. The summed E-state index contributed by atoms with van der Waals surface area (Å²) in [7, 11) is 0. The molecule has 1 aromatic rings. The van der Waals surface area contributed by atoms with Crippen molar-refractivity contribution in [2.24, 2.45) is 5.73 Å². The van der Waals surface area contributed by atoms with Crippen molar-refractivity contribution < 1.29 is 4.79 Å². The van der Waals surface area contributed by atoms with Crippen LogP contribution < -0.4 is 5.73 Å². The maximum Gasteiger partial charge on any atom is 0.239 e. The molecule has 2 N–H and O–H groups in total. The highest BCUT2D eigenvalue weighted by Crippen LogP contribution is 2.33. The maximum absolute atomic E-state index is 12.0. The summed E-state index contributed by atoms with van der Waals surface area (Å²) in [6, 6.07) is 7.41. The number of rotatable bonds is 2. The van der Waals surface area contributed by atoms with Crippen molar-refractivity contribution in [2.75, 3.05) is 6.54 Å². The third-order valence-corrected chi connectivity index (χ3v) is 3.39. The van der Waals surface area contributed by atoms with E-state index in [9.17, 15) is 4.79 Å². The average Bonchev–Trinajstić information content (AvgIpc) is 2.76. The van der Waals surface area contributed by atoms with Crippen molar-refractivity contribution in [3.8, 4) is 0 Å². The number of benzene rings is 1. The van der Waals surface area contributed by atoms with E-state index < -0.39 is 6.04 Å². The van der Waals surface area contributed by atoms with Crippen LogP contribution in [0.4, 0.5) is 0 Å². The Morgan fingerprint density at radius 3 is 2.89 bits per heavy atom. The average molecular weight is 289 g/mol. The van der Waals surface area contributed by atoms with Crippen molar-refractivity contribution >= 4 is 29.9 Å². The molecule has 18 heavy (non-hydrogen) atoms. The van der Waals surface area contributed by atoms with Crippen molar-refractivity contribution in [1.29, 1.82) is 0 Å². The lowest BCUT2D eigenvalue weighted by molar-refractivity contribution is -0.133. The monoisotopic (exact) mass is 288 g/mol. The molecule has 2 atom stereocenters. The number of nitrogens with two attached hydrogens (primary N) is 1. The van der Waals surface area contributed by atoms with Crippen LogP contribution in [0.15, 0.2) is 24.3 Å². The molecule has 1 aliphatic heterocycles. The molecular formula is C13H18Cl2N2O. The Balaban J connectivity index is 0.00000162. The topological polar surface area (TPSA) is 46.3 Å². The molecule has 1 aromatic carbocycles. The van der Waals surface area contributed by atoms with Crippen LogP contribution in [0.25, 0.3) is 0 Å². The summed E-state index contributed by atoms with van der Waals surface area (Å²) in [5, 5.41) is 0.711. The molecular weight excluding hydrogens is 271 g/mol. The van der Waals surface area contributed by atoms with E-state index >= 15 is 0 Å². The van der Waals surface area contributed by atoms with Crippen LogP contribution in [-0.4, -0.2) is 23.4 Å². The van der Waals surface area contributed by atoms with Gasteiger partial charge in [-0.05, 0) is 37.5 Å². The molecule has 2 rings (SSSR count). The zero-order valence-electron chi connectivity index (χ0n) is 10.3. The van der Waals surface area contributed by atoms with E-state index in [1.807, 2.05) is 29.2 Å². The normalized spacial score (nSPS) is 20.4. The molecule has 100 valence electrons. The minimum absolute atomic E-state index is 0. The molecule has 1 saturated heterocycles. The van der Waals surface area contributed by atoms with Crippen LogP contribution in [0.2, 0.25) is 5.02 Å². The lowest BCUT2D eigenvalue weighted by atomic mass is 10.0. The van der Waals surface area contributed by atoms with E-state index in [-0.39, 0.29) is 24.4 Å². The van der Waals surface area contributed by atoms with E-state index in [0.29, 0.717) is 5.02 Å². The summed E-state index contributed by atoms with van der Waals surface area (Å²) in [4.78, 5) is 13.9. The number of hydrogen-bond acceptors (Lipinski definition) is 2. The van der Waals surface area contributed by atoms with Crippen molar-refractivity contribution in [3.05, 3.63) is 34.9 Å². The van der Waals surface area contributed by atoms with E-state index in [0.717, 1.165) is 24.9 Å².